The molecule has 0 spiro atoms. The Kier molecular flexibility index (Phi) is 9.76. The summed E-state index contributed by atoms with van der Waals surface area (Å²) in [6, 6.07) is 2.13. The van der Waals surface area contributed by atoms with E-state index in [0.29, 0.717) is 39.3 Å². The van der Waals surface area contributed by atoms with E-state index in [9.17, 15) is 18.0 Å². The lowest BCUT2D eigenvalue weighted by atomic mass is 10.3. The molecular weight excluding hydrogens is 490 g/mol. The Morgan fingerprint density at radius 1 is 1.25 bits per heavy atom. The van der Waals surface area contributed by atoms with E-state index in [4.69, 9.17) is 4.74 Å². The van der Waals surface area contributed by atoms with Crippen molar-refractivity contribution in [2.24, 2.45) is 4.99 Å². The van der Waals surface area contributed by atoms with Gasteiger partial charge in [-0.15, -0.1) is 24.0 Å². The average Bonchev–Trinajstić information content (AvgIpc) is 2.64. The van der Waals surface area contributed by atoms with E-state index in [2.05, 4.69) is 20.2 Å². The van der Waals surface area contributed by atoms with Gasteiger partial charge in [0.05, 0.1) is 12.1 Å². The van der Waals surface area contributed by atoms with Crippen LogP contribution in [0, 0.1) is 0 Å². The third kappa shape index (κ3) is 7.32. The van der Waals surface area contributed by atoms with Gasteiger partial charge in [-0.05, 0) is 13.0 Å². The fourth-order valence-corrected chi connectivity index (χ4v) is 2.59. The summed E-state index contributed by atoms with van der Waals surface area (Å²) >= 11 is 0. The summed E-state index contributed by atoms with van der Waals surface area (Å²) in [5, 5.41) is 3.20. The highest BCUT2D eigenvalue weighted by Gasteiger charge is 2.30. The molecule has 1 amide bonds. The van der Waals surface area contributed by atoms with Gasteiger partial charge < -0.3 is 19.9 Å². The molecule has 158 valence electrons. The molecular formula is C17H25F3IN5O2. The number of aliphatic imine (C=N–C) groups is 1. The number of halogens is 4. The third-order valence-electron chi connectivity index (χ3n) is 4.03. The average molecular weight is 515 g/mol. The highest BCUT2D eigenvalue weighted by molar-refractivity contribution is 14.0. The summed E-state index contributed by atoms with van der Waals surface area (Å²) in [5.74, 6) is 0.914. The van der Waals surface area contributed by atoms with Crippen LogP contribution in [-0.2, 0) is 11.0 Å². The number of carbonyl (C=O) groups excluding carboxylic acids is 1. The number of nitrogens with one attached hydrogen (secondary N) is 1. The third-order valence-corrected chi connectivity index (χ3v) is 4.03. The zero-order valence-corrected chi connectivity index (χ0v) is 18.2. The van der Waals surface area contributed by atoms with E-state index >= 15 is 0 Å². The molecule has 2 rings (SSSR count). The molecule has 0 aliphatic carbocycles. The maximum atomic E-state index is 12.5. The fraction of sp³-hybridized carbons (Fsp3) is 0.588. The number of nitrogens with zero attached hydrogens (tertiary/aromatic N) is 4. The van der Waals surface area contributed by atoms with Gasteiger partial charge in [-0.2, -0.15) is 13.2 Å². The number of guanidine groups is 1. The fourth-order valence-electron chi connectivity index (χ4n) is 2.59. The SMILES string of the molecule is CCNC(=NCCOc1ccc(C(F)(F)F)cn1)N1CCN(C(C)=O)CC1.I. The van der Waals surface area contributed by atoms with Crippen LogP contribution >= 0.6 is 24.0 Å². The van der Waals surface area contributed by atoms with Crippen molar-refractivity contribution >= 4 is 35.8 Å². The molecule has 1 aromatic rings. The molecule has 11 heteroatoms. The van der Waals surface area contributed by atoms with Crippen LogP contribution in [0.4, 0.5) is 13.2 Å². The summed E-state index contributed by atoms with van der Waals surface area (Å²) in [7, 11) is 0. The maximum Gasteiger partial charge on any atom is 0.417 e. The van der Waals surface area contributed by atoms with Crippen molar-refractivity contribution < 1.29 is 22.7 Å². The molecule has 1 aliphatic rings. The Morgan fingerprint density at radius 2 is 1.89 bits per heavy atom. The highest BCUT2D eigenvalue weighted by Crippen LogP contribution is 2.29. The molecule has 0 radical (unpaired) electrons. The molecule has 0 bridgehead atoms. The lowest BCUT2D eigenvalue weighted by Gasteiger charge is -2.36. The predicted octanol–water partition coefficient (Wildman–Crippen LogP) is 2.23. The van der Waals surface area contributed by atoms with E-state index < -0.39 is 11.7 Å². The van der Waals surface area contributed by atoms with E-state index in [0.717, 1.165) is 18.2 Å². The van der Waals surface area contributed by atoms with Gasteiger partial charge in [0, 0.05) is 51.9 Å². The number of ether oxygens (including phenoxy) is 1. The summed E-state index contributed by atoms with van der Waals surface area (Å²) in [5.41, 5.74) is -0.813. The first-order valence-electron chi connectivity index (χ1n) is 8.76. The molecule has 0 saturated carbocycles. The second-order valence-electron chi connectivity index (χ2n) is 5.96. The van der Waals surface area contributed by atoms with Crippen molar-refractivity contribution in [2.45, 2.75) is 20.0 Å². The van der Waals surface area contributed by atoms with Gasteiger partial charge >= 0.3 is 6.18 Å². The van der Waals surface area contributed by atoms with E-state index in [-0.39, 0.29) is 42.4 Å². The number of hydrogen-bond donors (Lipinski definition) is 1. The Balaban J connectivity index is 0.00000392. The quantitative estimate of drug-likeness (QED) is 0.282. The topological polar surface area (TPSA) is 70.1 Å². The number of alkyl halides is 3. The molecule has 0 unspecified atom stereocenters. The zero-order valence-electron chi connectivity index (χ0n) is 15.8. The Hall–Kier alpha value is -1.79. The first-order valence-corrected chi connectivity index (χ1v) is 8.76. The number of amides is 1. The van der Waals surface area contributed by atoms with Crippen molar-refractivity contribution in [2.75, 3.05) is 45.9 Å². The molecule has 1 aromatic heterocycles. The largest absolute Gasteiger partial charge is 0.476 e. The summed E-state index contributed by atoms with van der Waals surface area (Å²) < 4.78 is 42.9. The number of piperazine rings is 1. The standard InChI is InChI=1S/C17H24F3N5O2.HI/c1-3-21-16(25-9-7-24(8-10-25)13(2)26)22-6-11-27-15-5-4-14(12-23-15)17(18,19)20;/h4-5,12H,3,6-11H2,1-2H3,(H,21,22);1H. The van der Waals surface area contributed by atoms with Crippen molar-refractivity contribution in [1.82, 2.24) is 20.1 Å². The van der Waals surface area contributed by atoms with Gasteiger partial charge in [0.15, 0.2) is 5.96 Å². The first kappa shape index (κ1) is 24.2. The minimum absolute atomic E-state index is 0. The summed E-state index contributed by atoms with van der Waals surface area (Å²) in [6.07, 6.45) is -3.67. The van der Waals surface area contributed by atoms with Crippen LogP contribution in [0.5, 0.6) is 5.88 Å². The van der Waals surface area contributed by atoms with Crippen LogP contribution in [-0.4, -0.2) is 72.5 Å². The minimum atomic E-state index is -4.41. The highest BCUT2D eigenvalue weighted by atomic mass is 127. The molecule has 1 aliphatic heterocycles. The Bertz CT molecular complexity index is 647. The normalized spacial score (nSPS) is 15.1. The maximum absolute atomic E-state index is 12.5. The van der Waals surface area contributed by atoms with Crippen LogP contribution in [0.2, 0.25) is 0 Å². The molecule has 1 fully saturated rings. The van der Waals surface area contributed by atoms with Gasteiger partial charge in [-0.1, -0.05) is 0 Å². The van der Waals surface area contributed by atoms with Crippen molar-refractivity contribution in [3.8, 4) is 5.88 Å². The number of aromatic nitrogens is 1. The van der Waals surface area contributed by atoms with Crippen molar-refractivity contribution in [3.05, 3.63) is 23.9 Å². The van der Waals surface area contributed by atoms with Crippen LogP contribution < -0.4 is 10.1 Å². The first-order chi connectivity index (χ1) is 12.8. The van der Waals surface area contributed by atoms with Crippen LogP contribution in [0.1, 0.15) is 19.4 Å². The van der Waals surface area contributed by atoms with Gasteiger partial charge in [0.25, 0.3) is 0 Å². The molecule has 7 nitrogen and oxygen atoms in total. The minimum Gasteiger partial charge on any atom is -0.476 e. The van der Waals surface area contributed by atoms with Crippen LogP contribution in [0.25, 0.3) is 0 Å². The summed E-state index contributed by atoms with van der Waals surface area (Å²) in [6.45, 7) is 7.41. The van der Waals surface area contributed by atoms with E-state index in [1.165, 1.54) is 6.07 Å². The van der Waals surface area contributed by atoms with Crippen LogP contribution in [0.15, 0.2) is 23.3 Å². The number of rotatable bonds is 5. The Labute approximate surface area is 179 Å². The van der Waals surface area contributed by atoms with Gasteiger partial charge in [-0.3, -0.25) is 4.79 Å². The lowest BCUT2D eigenvalue weighted by molar-refractivity contribution is -0.137. The molecule has 0 atom stereocenters. The van der Waals surface area contributed by atoms with Crippen molar-refractivity contribution in [3.63, 3.8) is 0 Å². The molecule has 1 saturated heterocycles. The molecule has 2 heterocycles. The van der Waals surface area contributed by atoms with Crippen molar-refractivity contribution in [1.29, 1.82) is 0 Å². The zero-order chi connectivity index (χ0) is 19.9. The van der Waals surface area contributed by atoms with Gasteiger partial charge in [0.2, 0.25) is 11.8 Å². The van der Waals surface area contributed by atoms with E-state index in [1.807, 2.05) is 6.92 Å². The van der Waals surface area contributed by atoms with Gasteiger partial charge in [0.1, 0.15) is 6.61 Å². The Morgan fingerprint density at radius 3 is 2.39 bits per heavy atom. The lowest BCUT2D eigenvalue weighted by Crippen LogP contribution is -2.53. The van der Waals surface area contributed by atoms with Gasteiger partial charge in [-0.25, -0.2) is 9.98 Å². The molecule has 1 N–H and O–H groups in total. The second kappa shape index (κ2) is 11.3. The van der Waals surface area contributed by atoms with Crippen LogP contribution in [0.3, 0.4) is 0 Å². The second-order valence-corrected chi connectivity index (χ2v) is 5.96. The van der Waals surface area contributed by atoms with E-state index in [1.54, 1.807) is 11.8 Å². The monoisotopic (exact) mass is 515 g/mol. The number of carbonyl (C=O) groups is 1. The predicted molar refractivity (Wildman–Crippen MR) is 110 cm³/mol. The number of pyridine rings is 1. The smallest absolute Gasteiger partial charge is 0.417 e. The number of hydrogen-bond acceptors (Lipinski definition) is 4. The molecule has 28 heavy (non-hydrogen) atoms. The summed E-state index contributed by atoms with van der Waals surface area (Å²) in [4.78, 5) is 23.4. The molecule has 0 aromatic carbocycles.